The molecule has 0 aliphatic carbocycles. The third kappa shape index (κ3) is 15.3. The Morgan fingerprint density at radius 2 is 0.974 bits per heavy atom. The summed E-state index contributed by atoms with van der Waals surface area (Å²) in [7, 11) is 3.16. The van der Waals surface area contributed by atoms with Crippen molar-refractivity contribution in [3.05, 3.63) is 119 Å². The highest BCUT2D eigenvalue weighted by Gasteiger charge is 2.36. The van der Waals surface area contributed by atoms with Crippen molar-refractivity contribution in [3.8, 4) is 11.5 Å². The number of halogens is 2. The number of ketones is 4. The SMILES string of the molecule is C.COc1ccc(C(=O)C2CCN(C(=O)c3ccc(C(=O)CC4CCN(C(=O)OC(C)(C)C)C[C@H]4F)cn3)CC2)cc1.COc1ccc(C(=O)C2CCN(C(=O)c3ccc(C(=O)CC4CCNC[C@H]4F)cn3)CC2)cc1. The van der Waals surface area contributed by atoms with Crippen molar-refractivity contribution in [2.24, 2.45) is 23.7 Å². The Kier molecular flexibility index (Phi) is 20.5. The molecule has 16 nitrogen and oxygen atoms in total. The average molecular weight is 1050 g/mol. The van der Waals surface area contributed by atoms with Crippen molar-refractivity contribution in [2.75, 3.05) is 66.6 Å². The zero-order valence-electron chi connectivity index (χ0n) is 43.4. The van der Waals surface area contributed by atoms with E-state index in [0.717, 1.165) is 0 Å². The fourth-order valence-corrected chi connectivity index (χ4v) is 9.86. The van der Waals surface area contributed by atoms with Crippen LogP contribution in [0.15, 0.2) is 85.2 Å². The summed E-state index contributed by atoms with van der Waals surface area (Å²) in [4.78, 5) is 102. The predicted molar refractivity (Wildman–Crippen MR) is 282 cm³/mol. The van der Waals surface area contributed by atoms with Crippen LogP contribution in [-0.4, -0.2) is 150 Å². The zero-order chi connectivity index (χ0) is 53.8. The van der Waals surface area contributed by atoms with Gasteiger partial charge in [0.15, 0.2) is 23.1 Å². The maximum Gasteiger partial charge on any atom is 0.410 e. The molecule has 76 heavy (non-hydrogen) atoms. The molecule has 4 saturated heterocycles. The Labute approximate surface area is 444 Å². The molecule has 0 spiro atoms. The molecule has 8 rings (SSSR count). The number of ether oxygens (including phenoxy) is 3. The summed E-state index contributed by atoms with van der Waals surface area (Å²) in [5.74, 6) is -0.408. The minimum Gasteiger partial charge on any atom is -0.497 e. The summed E-state index contributed by atoms with van der Waals surface area (Å²) in [5.41, 5.74) is 1.81. The molecule has 2 unspecified atom stereocenters. The Bertz CT molecular complexity index is 2630. The monoisotopic (exact) mass is 1050 g/mol. The maximum absolute atomic E-state index is 14.9. The fraction of sp³-hybridized carbons (Fsp3) is 0.500. The zero-order valence-corrected chi connectivity index (χ0v) is 43.4. The molecule has 4 aromatic rings. The van der Waals surface area contributed by atoms with Crippen LogP contribution in [0.25, 0.3) is 0 Å². The molecular formula is C58H72F2N6O10. The second kappa shape index (κ2) is 26.7. The second-order valence-corrected chi connectivity index (χ2v) is 20.7. The lowest BCUT2D eigenvalue weighted by Gasteiger charge is -2.35. The first-order valence-electron chi connectivity index (χ1n) is 25.8. The first-order valence-corrected chi connectivity index (χ1v) is 25.8. The molecule has 2 aromatic heterocycles. The molecule has 1 N–H and O–H groups in total. The highest BCUT2D eigenvalue weighted by Crippen LogP contribution is 2.29. The van der Waals surface area contributed by atoms with E-state index in [1.165, 1.54) is 23.4 Å². The van der Waals surface area contributed by atoms with E-state index < -0.39 is 30.0 Å². The summed E-state index contributed by atoms with van der Waals surface area (Å²) < 4.78 is 44.5. The van der Waals surface area contributed by atoms with Crippen molar-refractivity contribution in [2.45, 2.75) is 97.5 Å². The molecule has 408 valence electrons. The van der Waals surface area contributed by atoms with Gasteiger partial charge in [0, 0.05) is 105 Å². The standard InChI is InChI=1S/C31H38FN3O6.C26H30FN3O4.CH4/c1-31(2,3)41-30(39)35-16-13-22(25(32)19-35)17-27(36)23-7-10-26(33-18-23)29(38)34-14-11-21(12-15-34)28(37)20-5-8-24(40-4)9-6-20;1-34-21-5-2-17(3-6-21)25(32)18-9-12-30(13-10-18)26(33)23-7-4-20(15-29-23)24(31)14-19-8-11-28-16-22(19)27;/h5-10,18,21-22,25H,11-17,19H2,1-4H3;2-7,15,18-19,22,28H,8-14,16H2,1H3;1H4/t22?,25-;19?,22-;/m11./s1. The average Bonchev–Trinajstić information content (AvgIpc) is 3.43. The van der Waals surface area contributed by atoms with Gasteiger partial charge in [-0.2, -0.15) is 0 Å². The first kappa shape index (κ1) is 58.3. The number of likely N-dealkylation sites (tertiary alicyclic amines) is 3. The molecule has 6 heterocycles. The summed E-state index contributed by atoms with van der Waals surface area (Å²) in [6.45, 7) is 8.30. The second-order valence-electron chi connectivity index (χ2n) is 20.7. The summed E-state index contributed by atoms with van der Waals surface area (Å²) >= 11 is 0. The molecule has 3 amide bonds. The Morgan fingerprint density at radius 3 is 1.34 bits per heavy atom. The van der Waals surface area contributed by atoms with E-state index in [2.05, 4.69) is 15.3 Å². The summed E-state index contributed by atoms with van der Waals surface area (Å²) in [5, 5.41) is 2.99. The minimum absolute atomic E-state index is 0. The first-order chi connectivity index (χ1) is 35.9. The number of benzene rings is 2. The van der Waals surface area contributed by atoms with E-state index in [1.807, 2.05) is 0 Å². The number of rotatable bonds is 14. The van der Waals surface area contributed by atoms with Crippen LogP contribution >= 0.6 is 0 Å². The summed E-state index contributed by atoms with van der Waals surface area (Å²) in [6.07, 6.45) is 3.28. The summed E-state index contributed by atoms with van der Waals surface area (Å²) in [6, 6.07) is 20.3. The van der Waals surface area contributed by atoms with Gasteiger partial charge in [0.25, 0.3) is 11.8 Å². The lowest BCUT2D eigenvalue weighted by Crippen LogP contribution is -2.47. The van der Waals surface area contributed by atoms with E-state index in [0.29, 0.717) is 112 Å². The topological polar surface area (TPSA) is 195 Å². The third-order valence-corrected chi connectivity index (χ3v) is 14.4. The fourth-order valence-electron chi connectivity index (χ4n) is 9.86. The number of hydrogen-bond donors (Lipinski definition) is 1. The maximum atomic E-state index is 14.9. The van der Waals surface area contributed by atoms with Gasteiger partial charge in [0.2, 0.25) is 0 Å². The lowest BCUT2D eigenvalue weighted by molar-refractivity contribution is 0.00513. The van der Waals surface area contributed by atoms with Gasteiger partial charge in [-0.1, -0.05) is 7.43 Å². The van der Waals surface area contributed by atoms with Crippen LogP contribution in [0.4, 0.5) is 13.6 Å². The lowest BCUT2D eigenvalue weighted by atomic mass is 9.88. The van der Waals surface area contributed by atoms with Gasteiger partial charge in [-0.05, 0) is 145 Å². The molecule has 0 bridgehead atoms. The van der Waals surface area contributed by atoms with E-state index in [4.69, 9.17) is 14.2 Å². The number of alkyl halides is 2. The Hall–Kier alpha value is -6.95. The molecular weight excluding hydrogens is 979 g/mol. The number of carbonyl (C=O) groups is 7. The number of hydrogen-bond acceptors (Lipinski definition) is 13. The van der Waals surface area contributed by atoms with Gasteiger partial charge in [-0.25, -0.2) is 13.6 Å². The number of piperidine rings is 4. The minimum atomic E-state index is -1.34. The number of nitrogens with one attached hydrogen (secondary N) is 1. The van der Waals surface area contributed by atoms with Gasteiger partial charge < -0.3 is 34.2 Å². The molecule has 0 saturated carbocycles. The van der Waals surface area contributed by atoms with Gasteiger partial charge in [0.1, 0.15) is 40.8 Å². The van der Waals surface area contributed by atoms with E-state index in [1.54, 1.807) is 112 Å². The van der Waals surface area contributed by atoms with Gasteiger partial charge in [0.05, 0.1) is 20.8 Å². The molecule has 18 heteroatoms. The number of amides is 3. The molecule has 4 aliphatic heterocycles. The Morgan fingerprint density at radius 1 is 0.566 bits per heavy atom. The van der Waals surface area contributed by atoms with Crippen LogP contribution in [0.3, 0.4) is 0 Å². The van der Waals surface area contributed by atoms with Gasteiger partial charge in [-0.15, -0.1) is 0 Å². The third-order valence-electron chi connectivity index (χ3n) is 14.4. The molecule has 2 aromatic carbocycles. The largest absolute Gasteiger partial charge is 0.497 e. The highest BCUT2D eigenvalue weighted by atomic mass is 19.1. The van der Waals surface area contributed by atoms with Crippen molar-refractivity contribution >= 4 is 41.0 Å². The molecule has 0 radical (unpaired) electrons. The van der Waals surface area contributed by atoms with Crippen LogP contribution in [-0.2, 0) is 4.74 Å². The smallest absolute Gasteiger partial charge is 0.410 e. The van der Waals surface area contributed by atoms with Gasteiger partial charge in [-0.3, -0.25) is 38.7 Å². The number of methoxy groups -OCH3 is 2. The van der Waals surface area contributed by atoms with Crippen LogP contribution in [0.2, 0.25) is 0 Å². The van der Waals surface area contributed by atoms with Crippen LogP contribution in [0, 0.1) is 23.7 Å². The highest BCUT2D eigenvalue weighted by molar-refractivity contribution is 6.00. The molecule has 4 aliphatic rings. The van der Waals surface area contributed by atoms with Crippen molar-refractivity contribution in [1.82, 2.24) is 30.0 Å². The quantitative estimate of drug-likeness (QED) is 0.118. The number of nitrogens with zero attached hydrogens (tertiary/aromatic N) is 5. The van der Waals surface area contributed by atoms with Crippen molar-refractivity contribution < 1.29 is 56.6 Å². The van der Waals surface area contributed by atoms with Crippen molar-refractivity contribution in [1.29, 1.82) is 0 Å². The van der Waals surface area contributed by atoms with Crippen LogP contribution in [0.1, 0.15) is 142 Å². The van der Waals surface area contributed by atoms with Gasteiger partial charge >= 0.3 is 6.09 Å². The molecule has 4 fully saturated rings. The Balaban J connectivity index is 0.000000247. The van der Waals surface area contributed by atoms with E-state index in [9.17, 15) is 42.3 Å². The molecule has 4 atom stereocenters. The number of Topliss-reactive ketones (excluding diaryl/α,β-unsaturated/α-hetero) is 4. The van der Waals surface area contributed by atoms with Crippen molar-refractivity contribution in [3.63, 3.8) is 0 Å². The van der Waals surface area contributed by atoms with E-state index >= 15 is 0 Å². The van der Waals surface area contributed by atoms with E-state index in [-0.39, 0.29) is 97.4 Å². The van der Waals surface area contributed by atoms with Crippen LogP contribution in [0.5, 0.6) is 11.5 Å². The number of carbonyl (C=O) groups excluding carboxylic acids is 7. The predicted octanol–water partition coefficient (Wildman–Crippen LogP) is 8.98. The number of pyridine rings is 2. The van der Waals surface area contributed by atoms with Crippen LogP contribution < -0.4 is 14.8 Å². The normalized spacial score (nSPS) is 20.2. The number of aromatic nitrogens is 2.